The van der Waals surface area contributed by atoms with Crippen molar-refractivity contribution in [2.75, 3.05) is 18.1 Å². The van der Waals surface area contributed by atoms with E-state index in [4.69, 9.17) is 0 Å². The third-order valence-electron chi connectivity index (χ3n) is 5.67. The van der Waals surface area contributed by atoms with Crippen molar-refractivity contribution in [3.05, 3.63) is 47.2 Å². The SMILES string of the molecule is Cc1cc(C)c(C#N)c(SCC(=O)Nc2ccccc2S(=O)(=O)N(C)C2CCCCC2)n1. The molecule has 1 saturated carbocycles. The molecule has 1 aliphatic rings. The number of aromatic nitrogens is 1. The molecule has 1 fully saturated rings. The fourth-order valence-corrected chi connectivity index (χ4v) is 6.41. The minimum Gasteiger partial charge on any atom is -0.324 e. The van der Waals surface area contributed by atoms with Gasteiger partial charge in [0.2, 0.25) is 15.9 Å². The number of hydrogen-bond acceptors (Lipinski definition) is 6. The molecule has 170 valence electrons. The van der Waals surface area contributed by atoms with Crippen LogP contribution in [0.25, 0.3) is 0 Å². The van der Waals surface area contributed by atoms with Crippen molar-refractivity contribution in [1.29, 1.82) is 5.26 Å². The molecule has 0 spiro atoms. The standard InChI is InChI=1S/C23H28N4O3S2/c1-16-13-17(2)25-23(19(16)14-24)31-15-22(28)26-20-11-7-8-12-21(20)32(29,30)27(3)18-9-5-4-6-10-18/h7-8,11-13,18H,4-6,9-10,15H2,1-3H3,(H,26,28). The Morgan fingerprint density at radius 2 is 1.94 bits per heavy atom. The van der Waals surface area contributed by atoms with Gasteiger partial charge in [-0.25, -0.2) is 13.4 Å². The summed E-state index contributed by atoms with van der Waals surface area (Å²) in [6, 6.07) is 10.4. The van der Waals surface area contributed by atoms with Gasteiger partial charge < -0.3 is 5.32 Å². The maximum atomic E-state index is 13.3. The number of nitrogens with one attached hydrogen (secondary N) is 1. The van der Waals surface area contributed by atoms with Crippen molar-refractivity contribution in [2.24, 2.45) is 0 Å². The fraction of sp³-hybridized carbons (Fsp3) is 0.435. The number of carbonyl (C=O) groups is 1. The van der Waals surface area contributed by atoms with E-state index < -0.39 is 10.0 Å². The van der Waals surface area contributed by atoms with Gasteiger partial charge in [-0.1, -0.05) is 43.2 Å². The second-order valence-corrected chi connectivity index (χ2v) is 10.9. The lowest BCUT2D eigenvalue weighted by Gasteiger charge is -2.30. The van der Waals surface area contributed by atoms with Crippen molar-refractivity contribution in [2.45, 2.75) is 61.9 Å². The zero-order valence-corrected chi connectivity index (χ0v) is 20.2. The van der Waals surface area contributed by atoms with Crippen LogP contribution in [-0.2, 0) is 14.8 Å². The summed E-state index contributed by atoms with van der Waals surface area (Å²) in [7, 11) is -2.13. The highest BCUT2D eigenvalue weighted by atomic mass is 32.2. The number of amides is 1. The molecule has 32 heavy (non-hydrogen) atoms. The van der Waals surface area contributed by atoms with Gasteiger partial charge in [0.25, 0.3) is 0 Å². The van der Waals surface area contributed by atoms with E-state index >= 15 is 0 Å². The molecule has 1 aliphatic carbocycles. The number of nitrogens with zero attached hydrogens (tertiary/aromatic N) is 3. The minimum absolute atomic E-state index is 0.0113. The van der Waals surface area contributed by atoms with E-state index in [0.717, 1.165) is 55.1 Å². The predicted octanol–water partition coefficient (Wildman–Crippen LogP) is 4.25. The molecule has 0 unspecified atom stereocenters. The Morgan fingerprint density at radius 1 is 1.25 bits per heavy atom. The van der Waals surface area contributed by atoms with E-state index in [1.807, 2.05) is 19.9 Å². The third-order valence-corrected chi connectivity index (χ3v) is 8.61. The average Bonchev–Trinajstić information content (AvgIpc) is 2.77. The highest BCUT2D eigenvalue weighted by molar-refractivity contribution is 8.00. The lowest BCUT2D eigenvalue weighted by molar-refractivity contribution is -0.113. The van der Waals surface area contributed by atoms with E-state index in [2.05, 4.69) is 16.4 Å². The molecule has 7 nitrogen and oxygen atoms in total. The lowest BCUT2D eigenvalue weighted by atomic mass is 9.96. The predicted molar refractivity (Wildman–Crippen MR) is 126 cm³/mol. The molecule has 3 rings (SSSR count). The summed E-state index contributed by atoms with van der Waals surface area (Å²) in [5.41, 5.74) is 2.29. The largest absolute Gasteiger partial charge is 0.324 e. The first-order valence-corrected chi connectivity index (χ1v) is 13.0. The summed E-state index contributed by atoms with van der Waals surface area (Å²) in [5, 5.41) is 12.6. The fourth-order valence-electron chi connectivity index (χ4n) is 3.95. The second-order valence-electron chi connectivity index (χ2n) is 8.02. The number of carbonyl (C=O) groups excluding carboxylic acids is 1. The number of benzene rings is 1. The van der Waals surface area contributed by atoms with Crippen LogP contribution in [-0.4, -0.2) is 42.5 Å². The van der Waals surface area contributed by atoms with E-state index in [9.17, 15) is 18.5 Å². The number of para-hydroxylation sites is 1. The zero-order chi connectivity index (χ0) is 23.3. The van der Waals surface area contributed by atoms with Gasteiger partial charge in [-0.3, -0.25) is 4.79 Å². The Morgan fingerprint density at radius 3 is 2.62 bits per heavy atom. The van der Waals surface area contributed by atoms with Gasteiger partial charge in [0, 0.05) is 18.8 Å². The van der Waals surface area contributed by atoms with Gasteiger partial charge in [0.1, 0.15) is 16.0 Å². The molecule has 0 aliphatic heterocycles. The molecule has 1 heterocycles. The van der Waals surface area contributed by atoms with Crippen LogP contribution in [0, 0.1) is 25.2 Å². The van der Waals surface area contributed by atoms with Gasteiger partial charge in [-0.2, -0.15) is 9.57 Å². The second kappa shape index (κ2) is 10.5. The molecule has 1 amide bonds. The number of aryl methyl sites for hydroxylation is 2. The van der Waals surface area contributed by atoms with Crippen molar-refractivity contribution < 1.29 is 13.2 Å². The van der Waals surface area contributed by atoms with Crippen LogP contribution in [0.3, 0.4) is 0 Å². The maximum Gasteiger partial charge on any atom is 0.245 e. The van der Waals surface area contributed by atoms with Gasteiger partial charge in [-0.15, -0.1) is 0 Å². The summed E-state index contributed by atoms with van der Waals surface area (Å²) in [6.45, 7) is 3.67. The van der Waals surface area contributed by atoms with Gasteiger partial charge in [-0.05, 0) is 50.5 Å². The smallest absolute Gasteiger partial charge is 0.245 e. The van der Waals surface area contributed by atoms with Crippen LogP contribution in [0.4, 0.5) is 5.69 Å². The molecular formula is C23H28N4O3S2. The van der Waals surface area contributed by atoms with Crippen LogP contribution in [0.15, 0.2) is 40.3 Å². The normalized spacial score (nSPS) is 14.8. The Kier molecular flexibility index (Phi) is 7.93. The van der Waals surface area contributed by atoms with E-state index in [0.29, 0.717) is 10.6 Å². The highest BCUT2D eigenvalue weighted by Gasteiger charge is 2.31. The molecule has 0 radical (unpaired) electrons. The van der Waals surface area contributed by atoms with Crippen LogP contribution in [0.2, 0.25) is 0 Å². The van der Waals surface area contributed by atoms with Crippen LogP contribution in [0.1, 0.15) is 48.9 Å². The number of pyridine rings is 1. The Hall–Kier alpha value is -2.41. The minimum atomic E-state index is -3.75. The summed E-state index contributed by atoms with van der Waals surface area (Å²) in [6.07, 6.45) is 4.89. The molecular weight excluding hydrogens is 444 g/mol. The first kappa shape index (κ1) is 24.2. The number of anilines is 1. The summed E-state index contributed by atoms with van der Waals surface area (Å²) in [4.78, 5) is 17.1. The van der Waals surface area contributed by atoms with Gasteiger partial charge in [0.05, 0.1) is 17.0 Å². The Balaban J connectivity index is 1.75. The summed E-state index contributed by atoms with van der Waals surface area (Å²) >= 11 is 1.16. The number of sulfonamides is 1. The Bertz CT molecular complexity index is 1140. The topological polar surface area (TPSA) is 103 Å². The number of rotatable bonds is 7. The quantitative estimate of drug-likeness (QED) is 0.604. The van der Waals surface area contributed by atoms with Crippen molar-refractivity contribution in [3.8, 4) is 6.07 Å². The van der Waals surface area contributed by atoms with Crippen molar-refractivity contribution in [1.82, 2.24) is 9.29 Å². The Labute approximate surface area is 194 Å². The van der Waals surface area contributed by atoms with E-state index in [1.54, 1.807) is 25.2 Å². The first-order chi connectivity index (χ1) is 15.2. The molecule has 0 saturated heterocycles. The third kappa shape index (κ3) is 5.49. The van der Waals surface area contributed by atoms with E-state index in [1.165, 1.54) is 10.4 Å². The van der Waals surface area contributed by atoms with Crippen LogP contribution >= 0.6 is 11.8 Å². The van der Waals surface area contributed by atoms with E-state index in [-0.39, 0.29) is 28.3 Å². The van der Waals surface area contributed by atoms with Crippen LogP contribution in [0.5, 0.6) is 0 Å². The molecule has 1 N–H and O–H groups in total. The molecule has 1 aromatic carbocycles. The monoisotopic (exact) mass is 472 g/mol. The van der Waals surface area contributed by atoms with Crippen molar-refractivity contribution in [3.63, 3.8) is 0 Å². The van der Waals surface area contributed by atoms with Crippen LogP contribution < -0.4 is 5.32 Å². The van der Waals surface area contributed by atoms with Gasteiger partial charge in [0.15, 0.2) is 0 Å². The first-order valence-electron chi connectivity index (χ1n) is 10.6. The highest BCUT2D eigenvalue weighted by Crippen LogP contribution is 2.30. The number of hydrogen-bond donors (Lipinski definition) is 1. The summed E-state index contributed by atoms with van der Waals surface area (Å²) < 4.78 is 28.0. The van der Waals surface area contributed by atoms with Crippen molar-refractivity contribution >= 4 is 33.4 Å². The summed E-state index contributed by atoms with van der Waals surface area (Å²) in [5.74, 6) is -0.347. The number of nitriles is 1. The molecule has 0 bridgehead atoms. The number of thioether (sulfide) groups is 1. The molecule has 1 aromatic heterocycles. The molecule has 2 aromatic rings. The zero-order valence-electron chi connectivity index (χ0n) is 18.6. The lowest BCUT2D eigenvalue weighted by Crippen LogP contribution is -2.38. The average molecular weight is 473 g/mol. The molecule has 9 heteroatoms. The maximum absolute atomic E-state index is 13.3. The van der Waals surface area contributed by atoms with Gasteiger partial charge >= 0.3 is 0 Å². The molecule has 0 atom stereocenters.